The zero-order chi connectivity index (χ0) is 21.7. The quantitative estimate of drug-likeness (QED) is 0.484. The predicted octanol–water partition coefficient (Wildman–Crippen LogP) is 3.81. The Kier molecular flexibility index (Phi) is 6.28. The first-order valence-corrected chi connectivity index (χ1v) is 9.69. The van der Waals surface area contributed by atoms with Gasteiger partial charge in [0, 0.05) is 35.2 Å². The summed E-state index contributed by atoms with van der Waals surface area (Å²) in [5, 5.41) is 18.7. The van der Waals surface area contributed by atoms with Gasteiger partial charge in [0.25, 0.3) is 11.5 Å². The van der Waals surface area contributed by atoms with Crippen LogP contribution in [0.15, 0.2) is 52.8 Å². The van der Waals surface area contributed by atoms with Gasteiger partial charge in [-0.15, -0.1) is 0 Å². The van der Waals surface area contributed by atoms with E-state index in [1.165, 1.54) is 6.07 Å². The molecule has 0 atom stereocenters. The fourth-order valence-corrected chi connectivity index (χ4v) is 3.31. The van der Waals surface area contributed by atoms with Gasteiger partial charge in [-0.05, 0) is 56.2 Å². The number of nitriles is 1. The van der Waals surface area contributed by atoms with E-state index in [2.05, 4.69) is 27.0 Å². The Morgan fingerprint density at radius 3 is 2.73 bits per heavy atom. The van der Waals surface area contributed by atoms with Crippen LogP contribution < -0.4 is 10.9 Å². The van der Waals surface area contributed by atoms with E-state index in [9.17, 15) is 14.9 Å². The lowest BCUT2D eigenvalue weighted by Gasteiger charge is -2.08. The summed E-state index contributed by atoms with van der Waals surface area (Å²) in [6.45, 7) is 7.01. The first-order valence-electron chi connectivity index (χ1n) is 9.69. The van der Waals surface area contributed by atoms with Gasteiger partial charge in [0.2, 0.25) is 0 Å². The van der Waals surface area contributed by atoms with E-state index in [0.29, 0.717) is 11.4 Å². The highest BCUT2D eigenvalue weighted by atomic mass is 16.1. The van der Waals surface area contributed by atoms with Crippen LogP contribution in [-0.4, -0.2) is 20.7 Å². The number of carbonyl (C=O) groups is 1. The van der Waals surface area contributed by atoms with E-state index >= 15 is 0 Å². The molecule has 0 unspecified atom stereocenters. The lowest BCUT2D eigenvalue weighted by atomic mass is 10.1. The summed E-state index contributed by atoms with van der Waals surface area (Å²) >= 11 is 0. The van der Waals surface area contributed by atoms with E-state index in [1.807, 2.05) is 32.0 Å². The molecule has 0 saturated carbocycles. The minimum Gasteiger partial charge on any atom is -0.349 e. The Morgan fingerprint density at radius 2 is 2.07 bits per heavy atom. The van der Waals surface area contributed by atoms with E-state index in [4.69, 9.17) is 0 Å². The van der Waals surface area contributed by atoms with Gasteiger partial charge in [-0.25, -0.2) is 5.10 Å². The van der Waals surface area contributed by atoms with Crippen LogP contribution in [0, 0.1) is 25.2 Å². The van der Waals surface area contributed by atoms with Gasteiger partial charge in [0.05, 0.1) is 5.69 Å². The van der Waals surface area contributed by atoms with Crippen molar-refractivity contribution in [3.05, 3.63) is 75.3 Å². The maximum atomic E-state index is 12.7. The molecule has 2 heterocycles. The van der Waals surface area contributed by atoms with Crippen LogP contribution in [0.2, 0.25) is 0 Å². The van der Waals surface area contributed by atoms with Crippen LogP contribution in [-0.2, 0) is 11.3 Å². The molecule has 1 amide bonds. The average Bonchev–Trinajstić information content (AvgIpc) is 3.00. The molecule has 3 rings (SSSR count). The lowest BCUT2D eigenvalue weighted by Crippen LogP contribution is -2.13. The zero-order valence-electron chi connectivity index (χ0n) is 17.2. The Balaban J connectivity index is 1.84. The lowest BCUT2D eigenvalue weighted by molar-refractivity contribution is -0.112. The second kappa shape index (κ2) is 9.05. The third-order valence-corrected chi connectivity index (χ3v) is 4.82. The molecule has 0 aliphatic rings. The van der Waals surface area contributed by atoms with Crippen LogP contribution in [0.4, 0.5) is 5.69 Å². The van der Waals surface area contributed by atoms with Gasteiger partial charge in [-0.1, -0.05) is 19.1 Å². The van der Waals surface area contributed by atoms with E-state index in [0.717, 1.165) is 35.5 Å². The molecule has 152 valence electrons. The van der Waals surface area contributed by atoms with Crippen LogP contribution in [0.3, 0.4) is 0 Å². The molecule has 0 spiro atoms. The molecule has 3 aromatic rings. The summed E-state index contributed by atoms with van der Waals surface area (Å²) in [6.07, 6.45) is 2.63. The van der Waals surface area contributed by atoms with Crippen LogP contribution in [0.1, 0.15) is 30.3 Å². The SMILES string of the molecule is CCCn1c(C)cc(/C=C(/C#N)C(=O)Nc2cccc(-c3ccc(=O)[nH]n3)c2)c1C. The van der Waals surface area contributed by atoms with Crippen molar-refractivity contribution in [1.82, 2.24) is 14.8 Å². The van der Waals surface area contributed by atoms with Crippen molar-refractivity contribution in [2.24, 2.45) is 0 Å². The smallest absolute Gasteiger partial charge is 0.266 e. The molecule has 7 heteroatoms. The summed E-state index contributed by atoms with van der Waals surface area (Å²) in [4.78, 5) is 23.9. The summed E-state index contributed by atoms with van der Waals surface area (Å²) in [5.74, 6) is -0.482. The molecule has 30 heavy (non-hydrogen) atoms. The van der Waals surface area contributed by atoms with Crippen molar-refractivity contribution in [2.75, 3.05) is 5.32 Å². The molecule has 2 aromatic heterocycles. The zero-order valence-corrected chi connectivity index (χ0v) is 17.2. The molecule has 0 saturated heterocycles. The molecule has 1 aromatic carbocycles. The highest BCUT2D eigenvalue weighted by Crippen LogP contribution is 2.22. The van der Waals surface area contributed by atoms with Crippen LogP contribution >= 0.6 is 0 Å². The fourth-order valence-electron chi connectivity index (χ4n) is 3.31. The summed E-state index contributed by atoms with van der Waals surface area (Å²) in [7, 11) is 0. The monoisotopic (exact) mass is 401 g/mol. The van der Waals surface area contributed by atoms with Crippen molar-refractivity contribution < 1.29 is 4.79 Å². The van der Waals surface area contributed by atoms with Gasteiger partial charge in [-0.2, -0.15) is 10.4 Å². The summed E-state index contributed by atoms with van der Waals surface area (Å²) in [5.41, 5.74) is 4.56. The molecule has 7 nitrogen and oxygen atoms in total. The van der Waals surface area contributed by atoms with Crippen LogP contribution in [0.5, 0.6) is 0 Å². The number of carbonyl (C=O) groups excluding carboxylic acids is 1. The van der Waals surface area contributed by atoms with Crippen molar-refractivity contribution in [3.63, 3.8) is 0 Å². The minimum absolute atomic E-state index is 0.0271. The largest absolute Gasteiger partial charge is 0.349 e. The number of nitrogens with one attached hydrogen (secondary N) is 2. The first kappa shape index (κ1) is 20.8. The number of anilines is 1. The number of aryl methyl sites for hydroxylation is 1. The number of rotatable bonds is 6. The summed E-state index contributed by atoms with van der Waals surface area (Å²) in [6, 6.07) is 14.0. The van der Waals surface area contributed by atoms with Crippen molar-refractivity contribution in [1.29, 1.82) is 5.26 Å². The molecule has 0 bridgehead atoms. The molecular weight excluding hydrogens is 378 g/mol. The predicted molar refractivity (Wildman–Crippen MR) is 117 cm³/mol. The first-order chi connectivity index (χ1) is 14.4. The van der Waals surface area contributed by atoms with Crippen molar-refractivity contribution >= 4 is 17.7 Å². The Labute approximate surface area is 174 Å². The highest BCUT2D eigenvalue weighted by Gasteiger charge is 2.13. The molecular formula is C23H23N5O2. The number of hydrogen-bond acceptors (Lipinski definition) is 4. The third kappa shape index (κ3) is 4.55. The third-order valence-electron chi connectivity index (χ3n) is 4.82. The molecule has 0 fully saturated rings. The van der Waals surface area contributed by atoms with E-state index < -0.39 is 5.91 Å². The number of H-pyrrole nitrogens is 1. The summed E-state index contributed by atoms with van der Waals surface area (Å²) < 4.78 is 2.18. The second-order valence-corrected chi connectivity index (χ2v) is 6.99. The molecule has 0 aliphatic heterocycles. The van der Waals surface area contributed by atoms with Crippen LogP contribution in [0.25, 0.3) is 17.3 Å². The number of aromatic nitrogens is 3. The topological polar surface area (TPSA) is 104 Å². The number of benzene rings is 1. The standard InChI is InChI=1S/C23H23N5O2/c1-4-10-28-15(2)11-18(16(28)3)12-19(14-24)23(30)25-20-7-5-6-17(13-20)21-8-9-22(29)27-26-21/h5-9,11-13H,4,10H2,1-3H3,(H,25,30)(H,27,29)/b19-12-. The molecule has 2 N–H and O–H groups in total. The average molecular weight is 401 g/mol. The molecule has 0 radical (unpaired) electrons. The van der Waals surface area contributed by atoms with Crippen molar-refractivity contribution in [2.45, 2.75) is 33.7 Å². The molecule has 0 aliphatic carbocycles. The maximum absolute atomic E-state index is 12.7. The number of nitrogens with zero attached hydrogens (tertiary/aromatic N) is 3. The fraction of sp³-hybridized carbons (Fsp3) is 0.217. The number of hydrogen-bond donors (Lipinski definition) is 2. The van der Waals surface area contributed by atoms with Gasteiger partial charge in [-0.3, -0.25) is 9.59 Å². The Hall–Kier alpha value is -3.92. The van der Waals surface area contributed by atoms with Gasteiger partial charge >= 0.3 is 0 Å². The minimum atomic E-state index is -0.482. The highest BCUT2D eigenvalue weighted by molar-refractivity contribution is 6.09. The van der Waals surface area contributed by atoms with E-state index in [1.54, 1.807) is 30.3 Å². The van der Waals surface area contributed by atoms with E-state index in [-0.39, 0.29) is 11.1 Å². The van der Waals surface area contributed by atoms with Gasteiger partial charge < -0.3 is 9.88 Å². The number of aromatic amines is 1. The number of amides is 1. The maximum Gasteiger partial charge on any atom is 0.266 e. The Bertz CT molecular complexity index is 1190. The second-order valence-electron chi connectivity index (χ2n) is 6.99. The normalized spacial score (nSPS) is 11.2. The van der Waals surface area contributed by atoms with Crippen molar-refractivity contribution in [3.8, 4) is 17.3 Å². The van der Waals surface area contributed by atoms with Gasteiger partial charge in [0.15, 0.2) is 0 Å². The van der Waals surface area contributed by atoms with Gasteiger partial charge in [0.1, 0.15) is 11.6 Å². The Morgan fingerprint density at radius 1 is 1.27 bits per heavy atom.